The molecule has 0 spiro atoms. The molecule has 5 heteroatoms. The minimum atomic E-state index is -0.861. The van der Waals surface area contributed by atoms with Crippen LogP contribution in [0.5, 0.6) is 0 Å². The van der Waals surface area contributed by atoms with Crippen molar-refractivity contribution in [3.8, 4) is 5.69 Å². The van der Waals surface area contributed by atoms with Gasteiger partial charge >= 0.3 is 0 Å². The van der Waals surface area contributed by atoms with Crippen LogP contribution in [0.25, 0.3) is 5.69 Å². The number of carbonyl (C=O) groups excluding carboxylic acids is 1. The molecule has 0 saturated heterocycles. The summed E-state index contributed by atoms with van der Waals surface area (Å²) < 4.78 is 2.06. The summed E-state index contributed by atoms with van der Waals surface area (Å²) in [7, 11) is 0. The van der Waals surface area contributed by atoms with Crippen molar-refractivity contribution < 1.29 is 9.90 Å². The molecule has 2 N–H and O–H groups in total. The van der Waals surface area contributed by atoms with Crippen molar-refractivity contribution in [2.24, 2.45) is 11.0 Å². The van der Waals surface area contributed by atoms with Gasteiger partial charge in [0.15, 0.2) is 0 Å². The highest BCUT2D eigenvalue weighted by atomic mass is 16.3. The van der Waals surface area contributed by atoms with Crippen molar-refractivity contribution in [2.75, 3.05) is 0 Å². The van der Waals surface area contributed by atoms with Gasteiger partial charge in [-0.05, 0) is 44.5 Å². The number of aryl methyl sites for hydroxylation is 1. The van der Waals surface area contributed by atoms with Gasteiger partial charge in [0.1, 0.15) is 0 Å². The molecule has 1 aromatic heterocycles. The van der Waals surface area contributed by atoms with Crippen LogP contribution in [0.1, 0.15) is 44.0 Å². The van der Waals surface area contributed by atoms with Crippen molar-refractivity contribution >= 4 is 11.6 Å². The highest BCUT2D eigenvalue weighted by Gasteiger charge is 2.22. The average molecular weight is 325 g/mol. The number of hydrogen-bond acceptors (Lipinski definition) is 3. The van der Waals surface area contributed by atoms with Crippen molar-refractivity contribution in [3.63, 3.8) is 0 Å². The lowest BCUT2D eigenvalue weighted by Crippen LogP contribution is -2.31. The number of hydrogen-bond donors (Lipinski definition) is 2. The molecule has 1 aliphatic rings. The summed E-state index contributed by atoms with van der Waals surface area (Å²) in [5.74, 6) is 0.0738. The smallest absolute Gasteiger partial charge is 0.240 e. The predicted octanol–water partition coefficient (Wildman–Crippen LogP) is 2.87. The predicted molar refractivity (Wildman–Crippen MR) is 94.2 cm³/mol. The van der Waals surface area contributed by atoms with E-state index >= 15 is 0 Å². The number of aliphatic hydroxyl groups is 1. The van der Waals surface area contributed by atoms with E-state index in [4.69, 9.17) is 0 Å². The summed E-state index contributed by atoms with van der Waals surface area (Å²) >= 11 is 0. The van der Waals surface area contributed by atoms with Crippen LogP contribution in [0.3, 0.4) is 0 Å². The van der Waals surface area contributed by atoms with E-state index in [-0.39, 0.29) is 11.8 Å². The van der Waals surface area contributed by atoms with E-state index < -0.39 is 5.60 Å². The van der Waals surface area contributed by atoms with Gasteiger partial charge in [-0.1, -0.05) is 19.1 Å². The number of rotatable bonds is 3. The summed E-state index contributed by atoms with van der Waals surface area (Å²) in [4.78, 5) is 11.4. The van der Waals surface area contributed by atoms with Crippen LogP contribution < -0.4 is 5.43 Å². The Hall–Kier alpha value is -2.40. The first-order valence-corrected chi connectivity index (χ1v) is 8.15. The minimum Gasteiger partial charge on any atom is -0.386 e. The van der Waals surface area contributed by atoms with Gasteiger partial charge in [0, 0.05) is 35.5 Å². The fraction of sp³-hybridized carbons (Fsp3) is 0.368. The van der Waals surface area contributed by atoms with Gasteiger partial charge in [-0.25, -0.2) is 5.43 Å². The molecule has 2 heterocycles. The van der Waals surface area contributed by atoms with E-state index in [9.17, 15) is 9.90 Å². The molecule has 0 saturated carbocycles. The number of nitrogens with zero attached hydrogens (tertiary/aromatic N) is 2. The highest BCUT2D eigenvalue weighted by Crippen LogP contribution is 2.25. The maximum atomic E-state index is 11.4. The Balaban J connectivity index is 1.91. The normalized spacial score (nSPS) is 18.3. The third kappa shape index (κ3) is 3.12. The number of hydrazone groups is 1. The highest BCUT2D eigenvalue weighted by molar-refractivity contribution is 6.05. The maximum absolute atomic E-state index is 11.4. The Labute approximate surface area is 142 Å². The van der Waals surface area contributed by atoms with Gasteiger partial charge in [-0.15, -0.1) is 0 Å². The van der Waals surface area contributed by atoms with E-state index in [1.165, 1.54) is 0 Å². The van der Waals surface area contributed by atoms with Crippen LogP contribution in [0.4, 0.5) is 0 Å². The zero-order valence-electron chi connectivity index (χ0n) is 14.5. The molecule has 1 aromatic carbocycles. The molecule has 126 valence electrons. The maximum Gasteiger partial charge on any atom is 0.240 e. The van der Waals surface area contributed by atoms with Gasteiger partial charge < -0.3 is 9.67 Å². The minimum absolute atomic E-state index is 0.0371. The van der Waals surface area contributed by atoms with Gasteiger partial charge in [0.05, 0.1) is 11.3 Å². The number of benzene rings is 1. The molecule has 0 bridgehead atoms. The van der Waals surface area contributed by atoms with Crippen LogP contribution in [0.15, 0.2) is 41.6 Å². The molecule has 1 atom stereocenters. The summed E-state index contributed by atoms with van der Waals surface area (Å²) in [6, 6.07) is 10.1. The Morgan fingerprint density at radius 3 is 2.50 bits per heavy atom. The first kappa shape index (κ1) is 16.5. The van der Waals surface area contributed by atoms with Crippen LogP contribution in [0.2, 0.25) is 0 Å². The lowest BCUT2D eigenvalue weighted by atomic mass is 9.94. The lowest BCUT2D eigenvalue weighted by molar-refractivity contribution is -0.121. The summed E-state index contributed by atoms with van der Waals surface area (Å²) in [5.41, 5.74) is 6.59. The van der Waals surface area contributed by atoms with Crippen molar-refractivity contribution in [1.82, 2.24) is 9.99 Å². The van der Waals surface area contributed by atoms with E-state index in [0.29, 0.717) is 6.42 Å². The lowest BCUT2D eigenvalue weighted by Gasteiger charge is -2.19. The molecule has 24 heavy (non-hydrogen) atoms. The largest absolute Gasteiger partial charge is 0.386 e. The number of aromatic nitrogens is 1. The summed E-state index contributed by atoms with van der Waals surface area (Å²) in [6.07, 6.45) is 2.43. The molecule has 1 unspecified atom stereocenters. The topological polar surface area (TPSA) is 66.6 Å². The molecule has 0 aliphatic carbocycles. The van der Waals surface area contributed by atoms with Crippen LogP contribution in [-0.2, 0) is 10.4 Å². The molecule has 0 radical (unpaired) electrons. The standard InChI is InChI=1S/C19H23N3O2/c1-12-9-17(23)20-21-18(12)14-5-7-16(8-6-14)22-11-15(10-13(22)2)19(3,4)24/h5-8,10-12,24H,9H2,1-4H3,(H,20,23). The second kappa shape index (κ2) is 5.91. The summed E-state index contributed by atoms with van der Waals surface area (Å²) in [6.45, 7) is 7.60. The van der Waals surface area contributed by atoms with Crippen LogP contribution >= 0.6 is 0 Å². The first-order chi connectivity index (χ1) is 11.3. The molecule has 1 amide bonds. The molecule has 5 nitrogen and oxygen atoms in total. The van der Waals surface area contributed by atoms with Gasteiger partial charge in [-0.3, -0.25) is 4.79 Å². The van der Waals surface area contributed by atoms with E-state index in [1.54, 1.807) is 13.8 Å². The molecule has 1 aliphatic heterocycles. The van der Waals surface area contributed by atoms with E-state index in [0.717, 1.165) is 28.2 Å². The average Bonchev–Trinajstić information content (AvgIpc) is 2.90. The van der Waals surface area contributed by atoms with Crippen molar-refractivity contribution in [3.05, 3.63) is 53.3 Å². The zero-order chi connectivity index (χ0) is 17.5. The second-order valence-corrected chi connectivity index (χ2v) is 6.98. The summed E-state index contributed by atoms with van der Waals surface area (Å²) in [5, 5.41) is 14.4. The molecular weight excluding hydrogens is 302 g/mol. The number of nitrogens with one attached hydrogen (secondary N) is 1. The molecule has 0 fully saturated rings. The number of amides is 1. The molecule has 2 aromatic rings. The van der Waals surface area contributed by atoms with Gasteiger partial charge in [-0.2, -0.15) is 5.10 Å². The van der Waals surface area contributed by atoms with Crippen LogP contribution in [0, 0.1) is 12.8 Å². The molecular formula is C19H23N3O2. The fourth-order valence-electron chi connectivity index (χ4n) is 2.98. The quantitative estimate of drug-likeness (QED) is 0.911. The third-order valence-corrected chi connectivity index (χ3v) is 4.42. The SMILES string of the molecule is Cc1cc(C(C)(C)O)cn1-c1ccc(C2=NNC(=O)CC2C)cc1. The number of carbonyl (C=O) groups is 1. The van der Waals surface area contributed by atoms with Crippen LogP contribution in [-0.4, -0.2) is 21.3 Å². The Bertz CT molecular complexity index is 795. The van der Waals surface area contributed by atoms with Gasteiger partial charge in [0.25, 0.3) is 0 Å². The Morgan fingerprint density at radius 2 is 1.96 bits per heavy atom. The van der Waals surface area contributed by atoms with Gasteiger partial charge in [0.2, 0.25) is 5.91 Å². The van der Waals surface area contributed by atoms with Crippen molar-refractivity contribution in [2.45, 2.75) is 39.7 Å². The van der Waals surface area contributed by atoms with E-state index in [2.05, 4.69) is 15.1 Å². The second-order valence-electron chi connectivity index (χ2n) is 6.98. The molecule has 3 rings (SSSR count). The fourth-order valence-corrected chi connectivity index (χ4v) is 2.98. The Kier molecular flexibility index (Phi) is 4.05. The third-order valence-electron chi connectivity index (χ3n) is 4.42. The zero-order valence-corrected chi connectivity index (χ0v) is 14.5. The van der Waals surface area contributed by atoms with E-state index in [1.807, 2.05) is 50.4 Å². The Morgan fingerprint density at radius 1 is 1.29 bits per heavy atom. The van der Waals surface area contributed by atoms with Crippen molar-refractivity contribution in [1.29, 1.82) is 0 Å². The monoisotopic (exact) mass is 325 g/mol. The first-order valence-electron chi connectivity index (χ1n) is 8.15.